The van der Waals surface area contributed by atoms with E-state index < -0.39 is 10.0 Å². The molecular formula is C17H19IN2O4S. The minimum Gasteiger partial charge on any atom is -0.495 e. The van der Waals surface area contributed by atoms with Gasteiger partial charge in [-0.1, -0.05) is 0 Å². The van der Waals surface area contributed by atoms with Gasteiger partial charge in [0, 0.05) is 15.2 Å². The Hall–Kier alpha value is -1.65. The standard InChI is InChI=1S/C17H19IN2O4S/c1-11(2)20-25(22,23)14-8-9-16(24-3)15(10-14)19-17(21)12-4-6-13(18)7-5-12/h4-11,20H,1-3H3,(H,19,21). The summed E-state index contributed by atoms with van der Waals surface area (Å²) in [6.07, 6.45) is 0. The Labute approximate surface area is 161 Å². The first-order valence-corrected chi connectivity index (χ1v) is 10.1. The number of carbonyl (C=O) groups is 1. The maximum Gasteiger partial charge on any atom is 0.255 e. The molecule has 0 aliphatic carbocycles. The van der Waals surface area contributed by atoms with E-state index in [0.29, 0.717) is 11.3 Å². The third kappa shape index (κ3) is 5.16. The van der Waals surface area contributed by atoms with Gasteiger partial charge in [-0.15, -0.1) is 0 Å². The van der Waals surface area contributed by atoms with Gasteiger partial charge in [-0.25, -0.2) is 13.1 Å². The van der Waals surface area contributed by atoms with Gasteiger partial charge in [0.25, 0.3) is 5.91 Å². The van der Waals surface area contributed by atoms with Crippen LogP contribution in [-0.4, -0.2) is 27.5 Å². The molecule has 0 aromatic heterocycles. The number of benzene rings is 2. The molecule has 0 heterocycles. The number of nitrogens with one attached hydrogen (secondary N) is 2. The highest BCUT2D eigenvalue weighted by Gasteiger charge is 2.18. The lowest BCUT2D eigenvalue weighted by Gasteiger charge is -2.14. The Morgan fingerprint density at radius 3 is 2.32 bits per heavy atom. The van der Waals surface area contributed by atoms with Crippen LogP contribution in [-0.2, 0) is 10.0 Å². The van der Waals surface area contributed by atoms with E-state index >= 15 is 0 Å². The number of amides is 1. The number of hydrogen-bond acceptors (Lipinski definition) is 4. The Morgan fingerprint density at radius 2 is 1.76 bits per heavy atom. The smallest absolute Gasteiger partial charge is 0.255 e. The van der Waals surface area contributed by atoms with Crippen LogP contribution in [0.3, 0.4) is 0 Å². The molecule has 2 N–H and O–H groups in total. The number of carbonyl (C=O) groups excluding carboxylic acids is 1. The van der Waals surface area contributed by atoms with Crippen molar-refractivity contribution < 1.29 is 17.9 Å². The van der Waals surface area contributed by atoms with E-state index in [1.54, 1.807) is 26.0 Å². The Bertz CT molecular complexity index is 865. The summed E-state index contributed by atoms with van der Waals surface area (Å²) < 4.78 is 33.4. The molecule has 2 aromatic carbocycles. The van der Waals surface area contributed by atoms with Gasteiger partial charge in [0.1, 0.15) is 5.75 Å². The first kappa shape index (κ1) is 19.7. The molecule has 0 bridgehead atoms. The molecule has 0 unspecified atom stereocenters. The van der Waals surface area contributed by atoms with Gasteiger partial charge in [0.05, 0.1) is 17.7 Å². The second-order valence-corrected chi connectivity index (χ2v) is 8.56. The van der Waals surface area contributed by atoms with Gasteiger partial charge >= 0.3 is 0 Å². The fourth-order valence-corrected chi connectivity index (χ4v) is 3.76. The normalized spacial score (nSPS) is 11.4. The van der Waals surface area contributed by atoms with Crippen LogP contribution in [0.15, 0.2) is 47.4 Å². The topological polar surface area (TPSA) is 84.5 Å². The van der Waals surface area contributed by atoms with Crippen molar-refractivity contribution in [1.29, 1.82) is 0 Å². The highest BCUT2D eigenvalue weighted by atomic mass is 127. The van der Waals surface area contributed by atoms with Gasteiger partial charge < -0.3 is 10.1 Å². The van der Waals surface area contributed by atoms with Gasteiger partial charge in [-0.05, 0) is 78.9 Å². The highest BCUT2D eigenvalue weighted by Crippen LogP contribution is 2.28. The molecule has 0 saturated carbocycles. The van der Waals surface area contributed by atoms with Crippen LogP contribution in [0.5, 0.6) is 5.75 Å². The third-order valence-electron chi connectivity index (χ3n) is 3.23. The van der Waals surface area contributed by atoms with Crippen LogP contribution in [0.2, 0.25) is 0 Å². The summed E-state index contributed by atoms with van der Waals surface area (Å²) in [5, 5.41) is 2.70. The van der Waals surface area contributed by atoms with Gasteiger partial charge in [0.15, 0.2) is 0 Å². The molecule has 0 fully saturated rings. The summed E-state index contributed by atoms with van der Waals surface area (Å²) in [6, 6.07) is 11.1. The number of hydrogen-bond donors (Lipinski definition) is 2. The second kappa shape index (κ2) is 8.15. The number of ether oxygens (including phenoxy) is 1. The van der Waals surface area contributed by atoms with Crippen LogP contribution in [0.4, 0.5) is 5.69 Å². The van der Waals surface area contributed by atoms with E-state index in [1.165, 1.54) is 25.3 Å². The monoisotopic (exact) mass is 474 g/mol. The maximum atomic E-state index is 12.4. The van der Waals surface area contributed by atoms with Crippen LogP contribution in [0.25, 0.3) is 0 Å². The summed E-state index contributed by atoms with van der Waals surface area (Å²) in [5.74, 6) is 0.0309. The number of rotatable bonds is 6. The van der Waals surface area contributed by atoms with Crippen molar-refractivity contribution in [1.82, 2.24) is 4.72 Å². The SMILES string of the molecule is COc1ccc(S(=O)(=O)NC(C)C)cc1NC(=O)c1ccc(I)cc1. The van der Waals surface area contributed by atoms with Crippen molar-refractivity contribution in [3.8, 4) is 5.75 Å². The first-order chi connectivity index (χ1) is 11.7. The average Bonchev–Trinajstić information content (AvgIpc) is 2.54. The molecule has 0 atom stereocenters. The van der Waals surface area contributed by atoms with E-state index in [2.05, 4.69) is 32.6 Å². The lowest BCUT2D eigenvalue weighted by molar-refractivity contribution is 0.102. The van der Waals surface area contributed by atoms with E-state index in [9.17, 15) is 13.2 Å². The Kier molecular flexibility index (Phi) is 6.42. The minimum absolute atomic E-state index is 0.0555. The fraction of sp³-hybridized carbons (Fsp3) is 0.235. The van der Waals surface area contributed by atoms with Crippen LogP contribution in [0.1, 0.15) is 24.2 Å². The first-order valence-electron chi connectivity index (χ1n) is 7.50. The van der Waals surface area contributed by atoms with Crippen molar-refractivity contribution in [2.24, 2.45) is 0 Å². The summed E-state index contributed by atoms with van der Waals surface area (Å²) in [6.45, 7) is 3.47. The summed E-state index contributed by atoms with van der Waals surface area (Å²) in [5.41, 5.74) is 0.758. The van der Waals surface area contributed by atoms with Crippen molar-refractivity contribution in [2.45, 2.75) is 24.8 Å². The van der Waals surface area contributed by atoms with Crippen LogP contribution in [0, 0.1) is 3.57 Å². The van der Waals surface area contributed by atoms with Crippen molar-refractivity contribution in [3.63, 3.8) is 0 Å². The maximum absolute atomic E-state index is 12.4. The number of halogens is 1. The van der Waals surface area contributed by atoms with E-state index in [0.717, 1.165) is 3.57 Å². The predicted molar refractivity (Wildman–Crippen MR) is 106 cm³/mol. The number of methoxy groups -OCH3 is 1. The van der Waals surface area contributed by atoms with Gasteiger partial charge in [0.2, 0.25) is 10.0 Å². The lowest BCUT2D eigenvalue weighted by Crippen LogP contribution is -2.30. The molecule has 0 spiro atoms. The van der Waals surface area contributed by atoms with Gasteiger partial charge in [-0.3, -0.25) is 4.79 Å². The molecular weight excluding hydrogens is 455 g/mol. The third-order valence-corrected chi connectivity index (χ3v) is 5.60. The molecule has 0 aliphatic rings. The Balaban J connectivity index is 2.34. The lowest BCUT2D eigenvalue weighted by atomic mass is 10.2. The molecule has 134 valence electrons. The zero-order chi connectivity index (χ0) is 18.6. The largest absolute Gasteiger partial charge is 0.495 e. The molecule has 2 rings (SSSR count). The predicted octanol–water partition coefficient (Wildman–Crippen LogP) is 3.24. The van der Waals surface area contributed by atoms with Gasteiger partial charge in [-0.2, -0.15) is 0 Å². The van der Waals surface area contributed by atoms with E-state index in [-0.39, 0.29) is 22.5 Å². The quantitative estimate of drug-likeness (QED) is 0.630. The molecule has 8 heteroatoms. The molecule has 0 aliphatic heterocycles. The summed E-state index contributed by atoms with van der Waals surface area (Å²) in [7, 11) is -2.22. The molecule has 0 saturated heterocycles. The van der Waals surface area contributed by atoms with E-state index in [4.69, 9.17) is 4.74 Å². The molecule has 6 nitrogen and oxygen atoms in total. The fourth-order valence-electron chi connectivity index (χ4n) is 2.13. The average molecular weight is 474 g/mol. The Morgan fingerprint density at radius 1 is 1.12 bits per heavy atom. The summed E-state index contributed by atoms with van der Waals surface area (Å²) in [4.78, 5) is 12.5. The van der Waals surface area contributed by atoms with Crippen molar-refractivity contribution in [3.05, 3.63) is 51.6 Å². The molecule has 1 amide bonds. The van der Waals surface area contributed by atoms with Crippen LogP contribution < -0.4 is 14.8 Å². The van der Waals surface area contributed by atoms with Crippen molar-refractivity contribution in [2.75, 3.05) is 12.4 Å². The van der Waals surface area contributed by atoms with Crippen molar-refractivity contribution >= 4 is 44.2 Å². The molecule has 0 radical (unpaired) electrons. The number of sulfonamides is 1. The minimum atomic E-state index is -3.67. The zero-order valence-corrected chi connectivity index (χ0v) is 17.0. The zero-order valence-electron chi connectivity index (χ0n) is 14.0. The second-order valence-electron chi connectivity index (χ2n) is 5.60. The van der Waals surface area contributed by atoms with E-state index in [1.807, 2.05) is 12.1 Å². The number of anilines is 1. The molecule has 25 heavy (non-hydrogen) atoms. The molecule has 2 aromatic rings. The summed E-state index contributed by atoms with van der Waals surface area (Å²) >= 11 is 2.15. The van der Waals surface area contributed by atoms with Crippen LogP contribution >= 0.6 is 22.6 Å². The highest BCUT2D eigenvalue weighted by molar-refractivity contribution is 14.1.